The van der Waals surface area contributed by atoms with Gasteiger partial charge in [0.15, 0.2) is 0 Å². The van der Waals surface area contributed by atoms with Crippen LogP contribution in [0, 0.1) is 0 Å². The summed E-state index contributed by atoms with van der Waals surface area (Å²) in [5, 5.41) is 28.0. The molecule has 2 atom stereocenters. The van der Waals surface area contributed by atoms with E-state index >= 15 is 0 Å². The van der Waals surface area contributed by atoms with Crippen LogP contribution in [-0.4, -0.2) is 33.6 Å². The second-order valence-electron chi connectivity index (χ2n) is 3.61. The predicted molar refractivity (Wildman–Crippen MR) is 52.5 cm³/mol. The van der Waals surface area contributed by atoms with Gasteiger partial charge in [0.2, 0.25) is 0 Å². The fraction of sp³-hybridized carbons (Fsp3) is 1.00. The zero-order valence-corrected chi connectivity index (χ0v) is 8.66. The normalized spacial score (nSPS) is 18.2. The first-order chi connectivity index (χ1) is 6.10. The van der Waals surface area contributed by atoms with E-state index in [4.69, 9.17) is 5.11 Å². The van der Waals surface area contributed by atoms with E-state index in [-0.39, 0.29) is 6.61 Å². The first-order valence-corrected chi connectivity index (χ1v) is 5.12. The molecule has 0 rings (SSSR count). The van der Waals surface area contributed by atoms with Crippen LogP contribution in [0.5, 0.6) is 0 Å². The van der Waals surface area contributed by atoms with Crippen molar-refractivity contribution in [3.05, 3.63) is 0 Å². The summed E-state index contributed by atoms with van der Waals surface area (Å²) in [7, 11) is 0. The third-order valence-corrected chi connectivity index (χ3v) is 2.62. The number of unbranched alkanes of at least 4 members (excludes halogenated alkanes) is 2. The van der Waals surface area contributed by atoms with Gasteiger partial charge >= 0.3 is 0 Å². The molecule has 0 bridgehead atoms. The molecule has 0 aromatic carbocycles. The molecular formula is C10H22O3. The Bertz CT molecular complexity index is 127. The first kappa shape index (κ1) is 12.9. The zero-order valence-electron chi connectivity index (χ0n) is 8.66. The Labute approximate surface area is 80.4 Å². The number of aliphatic hydroxyl groups excluding tert-OH is 2. The number of hydrogen-bond donors (Lipinski definition) is 3. The molecule has 0 saturated carbocycles. The van der Waals surface area contributed by atoms with Crippen molar-refractivity contribution < 1.29 is 15.3 Å². The van der Waals surface area contributed by atoms with Gasteiger partial charge in [-0.3, -0.25) is 0 Å². The molecule has 0 fully saturated rings. The topological polar surface area (TPSA) is 60.7 Å². The monoisotopic (exact) mass is 190 g/mol. The summed E-state index contributed by atoms with van der Waals surface area (Å²) in [6.07, 6.45) is 3.10. The molecule has 0 aliphatic heterocycles. The Kier molecular flexibility index (Phi) is 6.29. The van der Waals surface area contributed by atoms with Crippen molar-refractivity contribution >= 4 is 0 Å². The van der Waals surface area contributed by atoms with Gasteiger partial charge in [-0.05, 0) is 12.8 Å². The number of rotatable bonds is 7. The molecule has 3 nitrogen and oxygen atoms in total. The van der Waals surface area contributed by atoms with Crippen molar-refractivity contribution in [3.63, 3.8) is 0 Å². The summed E-state index contributed by atoms with van der Waals surface area (Å²) in [6, 6.07) is 0. The van der Waals surface area contributed by atoms with Gasteiger partial charge in [-0.2, -0.15) is 0 Å². The summed E-state index contributed by atoms with van der Waals surface area (Å²) in [5.74, 6) is 0. The summed E-state index contributed by atoms with van der Waals surface area (Å²) >= 11 is 0. The van der Waals surface area contributed by atoms with Gasteiger partial charge in [-0.15, -0.1) is 0 Å². The van der Waals surface area contributed by atoms with Crippen LogP contribution in [0.3, 0.4) is 0 Å². The molecule has 0 saturated heterocycles. The molecule has 0 heterocycles. The molecule has 13 heavy (non-hydrogen) atoms. The summed E-state index contributed by atoms with van der Waals surface area (Å²) in [5.41, 5.74) is -1.09. The van der Waals surface area contributed by atoms with Crippen molar-refractivity contribution in [1.29, 1.82) is 0 Å². The van der Waals surface area contributed by atoms with Crippen molar-refractivity contribution in [1.82, 2.24) is 0 Å². The van der Waals surface area contributed by atoms with Gasteiger partial charge in [0, 0.05) is 0 Å². The Morgan fingerprint density at radius 3 is 2.23 bits per heavy atom. The van der Waals surface area contributed by atoms with Crippen molar-refractivity contribution in [3.8, 4) is 0 Å². The largest absolute Gasteiger partial charge is 0.394 e. The smallest absolute Gasteiger partial charge is 0.106 e. The lowest BCUT2D eigenvalue weighted by Crippen LogP contribution is -2.43. The molecule has 3 heteroatoms. The van der Waals surface area contributed by atoms with E-state index in [2.05, 4.69) is 6.92 Å². The van der Waals surface area contributed by atoms with E-state index < -0.39 is 11.7 Å². The van der Waals surface area contributed by atoms with Crippen LogP contribution in [0.15, 0.2) is 0 Å². The molecule has 0 amide bonds. The molecule has 0 spiro atoms. The van der Waals surface area contributed by atoms with Crippen LogP contribution in [0.2, 0.25) is 0 Å². The van der Waals surface area contributed by atoms with E-state index in [1.807, 2.05) is 6.92 Å². The molecule has 2 unspecified atom stereocenters. The van der Waals surface area contributed by atoms with Crippen molar-refractivity contribution in [2.24, 2.45) is 0 Å². The van der Waals surface area contributed by atoms with Crippen LogP contribution in [0.4, 0.5) is 0 Å². The van der Waals surface area contributed by atoms with E-state index in [1.165, 1.54) is 0 Å². The maximum Gasteiger partial charge on any atom is 0.106 e. The predicted octanol–water partition coefficient (Wildman–Crippen LogP) is 1.06. The maximum absolute atomic E-state index is 9.91. The molecule has 0 aromatic heterocycles. The fourth-order valence-corrected chi connectivity index (χ4v) is 1.43. The zero-order chi connectivity index (χ0) is 10.3. The van der Waals surface area contributed by atoms with Gasteiger partial charge < -0.3 is 15.3 Å². The minimum Gasteiger partial charge on any atom is -0.394 e. The average molecular weight is 190 g/mol. The number of aliphatic hydroxyl groups is 3. The van der Waals surface area contributed by atoms with Crippen LogP contribution in [0.1, 0.15) is 46.0 Å². The maximum atomic E-state index is 9.91. The SMILES string of the molecule is CCCCCC(O)(CC)C(O)CO. The molecule has 0 aromatic rings. The Morgan fingerprint density at radius 1 is 1.23 bits per heavy atom. The Balaban J connectivity index is 3.95. The lowest BCUT2D eigenvalue weighted by atomic mass is 9.88. The molecule has 0 radical (unpaired) electrons. The van der Waals surface area contributed by atoms with Gasteiger partial charge in [0.1, 0.15) is 6.10 Å². The van der Waals surface area contributed by atoms with Crippen molar-refractivity contribution in [2.45, 2.75) is 57.7 Å². The van der Waals surface area contributed by atoms with Crippen LogP contribution in [0.25, 0.3) is 0 Å². The third-order valence-electron chi connectivity index (χ3n) is 2.62. The van der Waals surface area contributed by atoms with Gasteiger partial charge in [0.05, 0.1) is 12.2 Å². The molecule has 0 aliphatic rings. The van der Waals surface area contributed by atoms with Gasteiger partial charge in [0.25, 0.3) is 0 Å². The quantitative estimate of drug-likeness (QED) is 0.526. The van der Waals surface area contributed by atoms with Crippen LogP contribution < -0.4 is 0 Å². The highest BCUT2D eigenvalue weighted by molar-refractivity contribution is 4.84. The van der Waals surface area contributed by atoms with E-state index in [0.29, 0.717) is 12.8 Å². The lowest BCUT2D eigenvalue weighted by Gasteiger charge is -2.30. The molecule has 0 aliphatic carbocycles. The first-order valence-electron chi connectivity index (χ1n) is 5.12. The van der Waals surface area contributed by atoms with E-state index in [1.54, 1.807) is 0 Å². The van der Waals surface area contributed by atoms with E-state index in [0.717, 1.165) is 19.3 Å². The molecule has 3 N–H and O–H groups in total. The molecule has 80 valence electrons. The molecular weight excluding hydrogens is 168 g/mol. The Hall–Kier alpha value is -0.120. The second kappa shape index (κ2) is 6.35. The average Bonchev–Trinajstić information content (AvgIpc) is 2.16. The summed E-state index contributed by atoms with van der Waals surface area (Å²) in [4.78, 5) is 0. The Morgan fingerprint density at radius 2 is 1.85 bits per heavy atom. The highest BCUT2D eigenvalue weighted by atomic mass is 16.4. The number of hydrogen-bond acceptors (Lipinski definition) is 3. The fourth-order valence-electron chi connectivity index (χ4n) is 1.43. The minimum atomic E-state index is -1.09. The van der Waals surface area contributed by atoms with Crippen LogP contribution in [-0.2, 0) is 0 Å². The summed E-state index contributed by atoms with van der Waals surface area (Å²) in [6.45, 7) is 3.55. The summed E-state index contributed by atoms with van der Waals surface area (Å²) < 4.78 is 0. The van der Waals surface area contributed by atoms with E-state index in [9.17, 15) is 10.2 Å². The van der Waals surface area contributed by atoms with Gasteiger partial charge in [-0.25, -0.2) is 0 Å². The second-order valence-corrected chi connectivity index (χ2v) is 3.61. The highest BCUT2D eigenvalue weighted by Gasteiger charge is 2.32. The third kappa shape index (κ3) is 4.07. The lowest BCUT2D eigenvalue weighted by molar-refractivity contribution is -0.102. The van der Waals surface area contributed by atoms with Crippen molar-refractivity contribution in [2.75, 3.05) is 6.61 Å². The minimum absolute atomic E-state index is 0.365. The standard InChI is InChI=1S/C10H22O3/c1-3-5-6-7-10(13,4-2)9(12)8-11/h9,11-13H,3-8H2,1-2H3. The van der Waals surface area contributed by atoms with Crippen LogP contribution >= 0.6 is 0 Å². The highest BCUT2D eigenvalue weighted by Crippen LogP contribution is 2.22. The van der Waals surface area contributed by atoms with Gasteiger partial charge in [-0.1, -0.05) is 33.1 Å².